The summed E-state index contributed by atoms with van der Waals surface area (Å²) in [7, 11) is 0. The number of amides is 2. The van der Waals surface area contributed by atoms with Crippen molar-refractivity contribution in [3.63, 3.8) is 0 Å². The molecule has 1 aromatic carbocycles. The summed E-state index contributed by atoms with van der Waals surface area (Å²) < 4.78 is 0. The highest BCUT2D eigenvalue weighted by Crippen LogP contribution is 2.30. The van der Waals surface area contributed by atoms with Crippen LogP contribution in [0.1, 0.15) is 23.1 Å². The first-order valence-corrected chi connectivity index (χ1v) is 8.09. The number of nitrogens with one attached hydrogen (secondary N) is 1. The van der Waals surface area contributed by atoms with E-state index in [1.165, 1.54) is 0 Å². The molecule has 1 N–H and O–H groups in total. The summed E-state index contributed by atoms with van der Waals surface area (Å²) >= 11 is 0. The molecule has 0 spiro atoms. The lowest BCUT2D eigenvalue weighted by molar-refractivity contribution is -0.126. The van der Waals surface area contributed by atoms with Gasteiger partial charge in [-0.15, -0.1) is 0 Å². The third-order valence-corrected chi connectivity index (χ3v) is 4.39. The second-order valence-electron chi connectivity index (χ2n) is 6.22. The summed E-state index contributed by atoms with van der Waals surface area (Å²) in [6.07, 6.45) is 3.68. The Labute approximate surface area is 141 Å². The number of hydrogen-bond acceptors (Lipinski definition) is 3. The SMILES string of the molecule is Cc1cccc(C)c1N1C[C@H](C(=O)NCc2cccnc2)CC1=O. The van der Waals surface area contributed by atoms with Gasteiger partial charge in [0.05, 0.1) is 5.92 Å². The van der Waals surface area contributed by atoms with Crippen molar-refractivity contribution in [3.05, 3.63) is 59.4 Å². The second-order valence-corrected chi connectivity index (χ2v) is 6.22. The lowest BCUT2D eigenvalue weighted by atomic mass is 10.1. The number of aryl methyl sites for hydroxylation is 2. The molecule has 1 saturated heterocycles. The summed E-state index contributed by atoms with van der Waals surface area (Å²) in [5, 5.41) is 2.90. The number of anilines is 1. The predicted molar refractivity (Wildman–Crippen MR) is 92.5 cm³/mol. The van der Waals surface area contributed by atoms with Crippen molar-refractivity contribution in [1.29, 1.82) is 0 Å². The fourth-order valence-corrected chi connectivity index (χ4v) is 3.17. The Balaban J connectivity index is 1.67. The van der Waals surface area contributed by atoms with Crippen LogP contribution in [-0.4, -0.2) is 23.3 Å². The van der Waals surface area contributed by atoms with Crippen LogP contribution >= 0.6 is 0 Å². The molecule has 1 aliphatic rings. The number of carbonyl (C=O) groups excluding carboxylic acids is 2. The van der Waals surface area contributed by atoms with Gasteiger partial charge in [0.25, 0.3) is 0 Å². The molecule has 5 nitrogen and oxygen atoms in total. The summed E-state index contributed by atoms with van der Waals surface area (Å²) in [4.78, 5) is 30.6. The Kier molecular flexibility index (Phi) is 4.60. The number of nitrogens with zero attached hydrogens (tertiary/aromatic N) is 2. The maximum atomic E-state index is 12.4. The van der Waals surface area contributed by atoms with Gasteiger partial charge in [-0.2, -0.15) is 0 Å². The first-order chi connectivity index (χ1) is 11.6. The molecule has 1 atom stereocenters. The number of benzene rings is 1. The summed E-state index contributed by atoms with van der Waals surface area (Å²) in [6.45, 7) is 4.85. The van der Waals surface area contributed by atoms with Crippen molar-refractivity contribution in [3.8, 4) is 0 Å². The van der Waals surface area contributed by atoms with Gasteiger partial charge in [0.15, 0.2) is 0 Å². The fourth-order valence-electron chi connectivity index (χ4n) is 3.17. The fraction of sp³-hybridized carbons (Fsp3) is 0.316. The van der Waals surface area contributed by atoms with Gasteiger partial charge in [0.2, 0.25) is 11.8 Å². The minimum absolute atomic E-state index is 0.00827. The Bertz CT molecular complexity index is 738. The minimum Gasteiger partial charge on any atom is -0.352 e. The van der Waals surface area contributed by atoms with E-state index in [-0.39, 0.29) is 24.2 Å². The highest BCUT2D eigenvalue weighted by Gasteiger charge is 2.36. The monoisotopic (exact) mass is 323 g/mol. The zero-order chi connectivity index (χ0) is 17.1. The standard InChI is InChI=1S/C19H21N3O2/c1-13-5-3-6-14(2)18(13)22-12-16(9-17(22)23)19(24)21-11-15-7-4-8-20-10-15/h3-8,10,16H,9,11-12H2,1-2H3,(H,21,24)/t16-/m1/s1. The molecule has 2 aromatic rings. The van der Waals surface area contributed by atoms with Crippen LogP contribution in [0.15, 0.2) is 42.7 Å². The quantitative estimate of drug-likeness (QED) is 0.939. The van der Waals surface area contributed by atoms with Gasteiger partial charge in [0, 0.05) is 37.6 Å². The molecule has 1 fully saturated rings. The Hall–Kier alpha value is -2.69. The first kappa shape index (κ1) is 16.2. The maximum absolute atomic E-state index is 12.4. The molecule has 124 valence electrons. The van der Waals surface area contributed by atoms with Gasteiger partial charge in [-0.3, -0.25) is 14.6 Å². The lowest BCUT2D eigenvalue weighted by Crippen LogP contribution is -2.33. The van der Waals surface area contributed by atoms with E-state index in [1.54, 1.807) is 17.3 Å². The Morgan fingerprint density at radius 2 is 2.00 bits per heavy atom. The van der Waals surface area contributed by atoms with Gasteiger partial charge in [-0.05, 0) is 36.6 Å². The third-order valence-electron chi connectivity index (χ3n) is 4.39. The van der Waals surface area contributed by atoms with Gasteiger partial charge in [0.1, 0.15) is 0 Å². The maximum Gasteiger partial charge on any atom is 0.227 e. The van der Waals surface area contributed by atoms with Crippen LogP contribution in [-0.2, 0) is 16.1 Å². The molecule has 0 bridgehead atoms. The van der Waals surface area contributed by atoms with Crippen molar-refractivity contribution < 1.29 is 9.59 Å². The van der Waals surface area contributed by atoms with Gasteiger partial charge in [-0.25, -0.2) is 0 Å². The van der Waals surface area contributed by atoms with Crippen LogP contribution in [0.4, 0.5) is 5.69 Å². The molecular formula is C19H21N3O2. The van der Waals surface area contributed by atoms with Crippen LogP contribution in [0.2, 0.25) is 0 Å². The van der Waals surface area contributed by atoms with E-state index in [2.05, 4.69) is 10.3 Å². The molecule has 0 aliphatic carbocycles. The number of aromatic nitrogens is 1. The van der Waals surface area contributed by atoms with E-state index < -0.39 is 0 Å². The summed E-state index contributed by atoms with van der Waals surface area (Å²) in [6, 6.07) is 9.71. The molecule has 3 rings (SSSR count). The zero-order valence-corrected chi connectivity index (χ0v) is 14.0. The molecule has 0 saturated carbocycles. The van der Waals surface area contributed by atoms with Crippen molar-refractivity contribution in [2.75, 3.05) is 11.4 Å². The average Bonchev–Trinajstić information content (AvgIpc) is 2.95. The van der Waals surface area contributed by atoms with Crippen LogP contribution in [0.3, 0.4) is 0 Å². The highest BCUT2D eigenvalue weighted by molar-refractivity contribution is 6.01. The van der Waals surface area contributed by atoms with Crippen LogP contribution in [0.25, 0.3) is 0 Å². The average molecular weight is 323 g/mol. The van der Waals surface area contributed by atoms with E-state index >= 15 is 0 Å². The summed E-state index contributed by atoms with van der Waals surface area (Å²) in [5.41, 5.74) is 3.99. The smallest absolute Gasteiger partial charge is 0.227 e. The molecule has 2 amide bonds. The largest absolute Gasteiger partial charge is 0.352 e. The number of rotatable bonds is 4. The van der Waals surface area contributed by atoms with Gasteiger partial charge < -0.3 is 10.2 Å². The van der Waals surface area contributed by atoms with E-state index in [0.29, 0.717) is 13.1 Å². The minimum atomic E-state index is -0.312. The molecule has 24 heavy (non-hydrogen) atoms. The van der Waals surface area contributed by atoms with Crippen molar-refractivity contribution in [2.45, 2.75) is 26.8 Å². The molecule has 5 heteroatoms. The van der Waals surface area contributed by atoms with Crippen LogP contribution in [0.5, 0.6) is 0 Å². The van der Waals surface area contributed by atoms with Gasteiger partial charge in [-0.1, -0.05) is 24.3 Å². The van der Waals surface area contributed by atoms with E-state index in [4.69, 9.17) is 0 Å². The predicted octanol–water partition coefficient (Wildman–Crippen LogP) is 2.37. The Morgan fingerprint density at radius 1 is 1.25 bits per heavy atom. The third kappa shape index (κ3) is 3.30. The van der Waals surface area contributed by atoms with E-state index in [0.717, 1.165) is 22.4 Å². The zero-order valence-electron chi connectivity index (χ0n) is 14.0. The lowest BCUT2D eigenvalue weighted by Gasteiger charge is -2.21. The normalized spacial score (nSPS) is 17.2. The molecule has 2 heterocycles. The highest BCUT2D eigenvalue weighted by atomic mass is 16.2. The van der Waals surface area contributed by atoms with E-state index in [1.807, 2.05) is 44.2 Å². The summed E-state index contributed by atoms with van der Waals surface area (Å²) in [5.74, 6) is -0.386. The Morgan fingerprint density at radius 3 is 2.67 bits per heavy atom. The number of carbonyl (C=O) groups is 2. The molecule has 1 aromatic heterocycles. The first-order valence-electron chi connectivity index (χ1n) is 8.09. The van der Waals surface area contributed by atoms with Crippen LogP contribution in [0, 0.1) is 19.8 Å². The van der Waals surface area contributed by atoms with Crippen LogP contribution < -0.4 is 10.2 Å². The van der Waals surface area contributed by atoms with Crippen molar-refractivity contribution in [2.24, 2.45) is 5.92 Å². The number of hydrogen-bond donors (Lipinski definition) is 1. The second kappa shape index (κ2) is 6.83. The molecule has 0 radical (unpaired) electrons. The number of pyridine rings is 1. The number of para-hydroxylation sites is 1. The molecule has 0 unspecified atom stereocenters. The van der Waals surface area contributed by atoms with Crippen molar-refractivity contribution in [1.82, 2.24) is 10.3 Å². The topological polar surface area (TPSA) is 62.3 Å². The van der Waals surface area contributed by atoms with Crippen molar-refractivity contribution >= 4 is 17.5 Å². The molecule has 1 aliphatic heterocycles. The molecular weight excluding hydrogens is 302 g/mol. The van der Waals surface area contributed by atoms with E-state index in [9.17, 15) is 9.59 Å². The van der Waals surface area contributed by atoms with Gasteiger partial charge >= 0.3 is 0 Å².